The lowest BCUT2D eigenvalue weighted by Gasteiger charge is -2.36. The van der Waals surface area contributed by atoms with Crippen LogP contribution in [0.3, 0.4) is 0 Å². The van der Waals surface area contributed by atoms with Gasteiger partial charge in [0.15, 0.2) is 17.3 Å². The summed E-state index contributed by atoms with van der Waals surface area (Å²) in [5, 5.41) is 10.5. The summed E-state index contributed by atoms with van der Waals surface area (Å²) in [4.78, 5) is 17.2. The number of hydrogen-bond acceptors (Lipinski definition) is 11. The third kappa shape index (κ3) is 4.84. The number of ether oxygens (including phenoxy) is 1. The summed E-state index contributed by atoms with van der Waals surface area (Å²) in [7, 11) is 0. The smallest absolute Gasteiger partial charge is 0.259 e. The van der Waals surface area contributed by atoms with Gasteiger partial charge >= 0.3 is 0 Å². The van der Waals surface area contributed by atoms with E-state index in [1.54, 1.807) is 18.4 Å². The van der Waals surface area contributed by atoms with E-state index in [1.165, 1.54) is 10.6 Å². The van der Waals surface area contributed by atoms with Crippen molar-refractivity contribution in [1.82, 2.24) is 34.8 Å². The fraction of sp³-hybridized carbons (Fsp3) is 0.391. The van der Waals surface area contributed by atoms with Crippen molar-refractivity contribution in [3.63, 3.8) is 0 Å². The summed E-state index contributed by atoms with van der Waals surface area (Å²) in [6, 6.07) is 5.88. The standard InChI is InChI=1S/C23H26F2N10O2/c24-15-10-16(25)19(37-14-12-27-13-14)11-17(15)34-7-5-33(6-8-34)4-3-28-22-30-21(26)35-23(31-22)29-20(32-35)18-2-1-9-36-18/h1-2,9-11,14,27H,3-8,12-13H2,(H3,26,28,29,30,31,32). The molecule has 194 valence electrons. The molecule has 0 amide bonds. The van der Waals surface area contributed by atoms with Gasteiger partial charge in [0.05, 0.1) is 12.0 Å². The second-order valence-corrected chi connectivity index (χ2v) is 8.92. The number of nitrogens with one attached hydrogen (secondary N) is 2. The van der Waals surface area contributed by atoms with E-state index in [0.717, 1.165) is 25.7 Å². The molecule has 0 aliphatic carbocycles. The molecule has 2 aliphatic rings. The van der Waals surface area contributed by atoms with Crippen LogP contribution in [0.15, 0.2) is 34.9 Å². The molecule has 14 heteroatoms. The molecule has 2 saturated heterocycles. The van der Waals surface area contributed by atoms with Gasteiger partial charge in [0.25, 0.3) is 5.78 Å². The number of piperazine rings is 1. The molecule has 12 nitrogen and oxygen atoms in total. The van der Waals surface area contributed by atoms with E-state index < -0.39 is 11.6 Å². The average molecular weight is 513 g/mol. The molecule has 1 aromatic carbocycles. The first-order chi connectivity index (χ1) is 18.0. The summed E-state index contributed by atoms with van der Waals surface area (Å²) < 4.78 is 41.1. The fourth-order valence-electron chi connectivity index (χ4n) is 4.31. The van der Waals surface area contributed by atoms with E-state index in [4.69, 9.17) is 14.9 Å². The van der Waals surface area contributed by atoms with Gasteiger partial charge in [-0.2, -0.15) is 19.5 Å². The summed E-state index contributed by atoms with van der Waals surface area (Å²) in [6.07, 6.45) is 1.46. The Morgan fingerprint density at radius 3 is 2.68 bits per heavy atom. The fourth-order valence-corrected chi connectivity index (χ4v) is 4.31. The van der Waals surface area contributed by atoms with Gasteiger partial charge in [0.1, 0.15) is 11.9 Å². The quantitative estimate of drug-likeness (QED) is 0.315. The SMILES string of the molecule is Nc1nc(NCCN2CCN(c3cc(OC4CNC4)c(F)cc3F)CC2)nc2nc(-c3ccco3)nn12. The third-order valence-corrected chi connectivity index (χ3v) is 6.44. The van der Waals surface area contributed by atoms with E-state index in [0.29, 0.717) is 61.7 Å². The zero-order valence-electron chi connectivity index (χ0n) is 19.9. The van der Waals surface area contributed by atoms with Crippen molar-refractivity contribution in [2.75, 3.05) is 68.3 Å². The van der Waals surface area contributed by atoms with E-state index in [-0.39, 0.29) is 17.8 Å². The molecule has 4 N–H and O–H groups in total. The second-order valence-electron chi connectivity index (χ2n) is 8.92. The molecule has 5 heterocycles. The molecule has 0 spiro atoms. The van der Waals surface area contributed by atoms with Crippen LogP contribution < -0.4 is 26.0 Å². The highest BCUT2D eigenvalue weighted by molar-refractivity contribution is 5.54. The number of fused-ring (bicyclic) bond motifs is 1. The van der Waals surface area contributed by atoms with Crippen molar-refractivity contribution >= 4 is 23.4 Å². The number of anilines is 3. The third-order valence-electron chi connectivity index (χ3n) is 6.44. The van der Waals surface area contributed by atoms with Crippen molar-refractivity contribution in [2.24, 2.45) is 0 Å². The number of hydrogen-bond donors (Lipinski definition) is 3. The van der Waals surface area contributed by atoms with Gasteiger partial charge in [-0.3, -0.25) is 4.90 Å². The van der Waals surface area contributed by atoms with Crippen LogP contribution in [0, 0.1) is 11.6 Å². The Kier molecular flexibility index (Phi) is 6.18. The number of nitrogen functional groups attached to an aromatic ring is 1. The summed E-state index contributed by atoms with van der Waals surface area (Å²) in [5.74, 6) is 0.538. The number of nitrogens with two attached hydrogens (primary N) is 1. The highest BCUT2D eigenvalue weighted by Gasteiger charge is 2.24. The molecular formula is C23H26F2N10O2. The predicted octanol–water partition coefficient (Wildman–Crippen LogP) is 1.22. The van der Waals surface area contributed by atoms with Crippen molar-refractivity contribution < 1.29 is 17.9 Å². The molecule has 0 bridgehead atoms. The minimum atomic E-state index is -0.678. The largest absolute Gasteiger partial charge is 0.485 e. The summed E-state index contributed by atoms with van der Waals surface area (Å²) >= 11 is 0. The summed E-state index contributed by atoms with van der Waals surface area (Å²) in [6.45, 7) is 5.29. The predicted molar refractivity (Wildman–Crippen MR) is 131 cm³/mol. The van der Waals surface area contributed by atoms with Gasteiger partial charge in [-0.05, 0) is 12.1 Å². The zero-order valence-corrected chi connectivity index (χ0v) is 19.9. The van der Waals surface area contributed by atoms with Gasteiger partial charge in [-0.15, -0.1) is 5.10 Å². The van der Waals surface area contributed by atoms with Crippen LogP contribution in [0.2, 0.25) is 0 Å². The van der Waals surface area contributed by atoms with Crippen LogP contribution in [0.5, 0.6) is 5.75 Å². The Morgan fingerprint density at radius 1 is 1.11 bits per heavy atom. The topological polar surface area (TPSA) is 135 Å². The Labute approximate surface area is 210 Å². The molecule has 0 saturated carbocycles. The van der Waals surface area contributed by atoms with Crippen LogP contribution in [0.4, 0.5) is 26.4 Å². The lowest BCUT2D eigenvalue weighted by Crippen LogP contribution is -2.50. The van der Waals surface area contributed by atoms with Gasteiger partial charge in [0.2, 0.25) is 17.7 Å². The average Bonchev–Trinajstić information content (AvgIpc) is 3.53. The highest BCUT2D eigenvalue weighted by Crippen LogP contribution is 2.30. The van der Waals surface area contributed by atoms with E-state index in [2.05, 4.69) is 35.6 Å². The van der Waals surface area contributed by atoms with Crippen LogP contribution in [0.25, 0.3) is 17.4 Å². The van der Waals surface area contributed by atoms with Crippen LogP contribution in [-0.2, 0) is 0 Å². The maximum Gasteiger partial charge on any atom is 0.259 e. The first-order valence-corrected chi connectivity index (χ1v) is 12.1. The number of halogens is 2. The van der Waals surface area contributed by atoms with Gasteiger partial charge in [-0.25, -0.2) is 8.78 Å². The molecule has 2 fully saturated rings. The van der Waals surface area contributed by atoms with Gasteiger partial charge < -0.3 is 30.4 Å². The highest BCUT2D eigenvalue weighted by atomic mass is 19.1. The molecule has 3 aromatic heterocycles. The van der Waals surface area contributed by atoms with Crippen LogP contribution >= 0.6 is 0 Å². The summed E-state index contributed by atoms with van der Waals surface area (Å²) in [5.41, 5.74) is 6.40. The first kappa shape index (κ1) is 23.4. The Morgan fingerprint density at radius 2 is 1.95 bits per heavy atom. The van der Waals surface area contributed by atoms with E-state index in [1.807, 2.05) is 4.90 Å². The molecule has 0 atom stereocenters. The Bertz CT molecular complexity index is 1380. The molecule has 0 unspecified atom stereocenters. The molecule has 0 radical (unpaired) electrons. The number of benzene rings is 1. The van der Waals surface area contributed by atoms with Crippen molar-refractivity contribution in [3.8, 4) is 17.3 Å². The van der Waals surface area contributed by atoms with E-state index >= 15 is 0 Å². The molecule has 6 rings (SSSR count). The Hall–Kier alpha value is -4.04. The van der Waals surface area contributed by atoms with Crippen molar-refractivity contribution in [3.05, 3.63) is 42.2 Å². The van der Waals surface area contributed by atoms with Crippen molar-refractivity contribution in [1.29, 1.82) is 0 Å². The number of aromatic nitrogens is 5. The number of furan rings is 1. The number of rotatable bonds is 8. The maximum atomic E-state index is 14.5. The normalized spacial score (nSPS) is 16.8. The van der Waals surface area contributed by atoms with Crippen LogP contribution in [0.1, 0.15) is 0 Å². The molecular weight excluding hydrogens is 486 g/mol. The van der Waals surface area contributed by atoms with E-state index in [9.17, 15) is 8.78 Å². The minimum Gasteiger partial charge on any atom is -0.485 e. The zero-order chi connectivity index (χ0) is 25.4. The maximum absolute atomic E-state index is 14.5. The first-order valence-electron chi connectivity index (χ1n) is 12.1. The molecule has 2 aliphatic heterocycles. The van der Waals surface area contributed by atoms with Gasteiger partial charge in [0, 0.05) is 64.5 Å². The minimum absolute atomic E-state index is 0.0833. The second kappa shape index (κ2) is 9.78. The Balaban J connectivity index is 1.03. The molecule has 4 aromatic rings. The monoisotopic (exact) mass is 512 g/mol. The lowest BCUT2D eigenvalue weighted by atomic mass is 10.2. The van der Waals surface area contributed by atoms with Crippen LogP contribution in [-0.4, -0.2) is 87.9 Å². The van der Waals surface area contributed by atoms with Crippen molar-refractivity contribution in [2.45, 2.75) is 6.10 Å². The number of nitrogens with zero attached hydrogens (tertiary/aromatic N) is 7. The molecule has 37 heavy (non-hydrogen) atoms. The lowest BCUT2D eigenvalue weighted by molar-refractivity contribution is 0.136. The van der Waals surface area contributed by atoms with Gasteiger partial charge in [-0.1, -0.05) is 0 Å².